The topological polar surface area (TPSA) is 51.0 Å². The molecule has 2 fully saturated rings. The van der Waals surface area contributed by atoms with Crippen molar-refractivity contribution >= 4 is 0 Å². The summed E-state index contributed by atoms with van der Waals surface area (Å²) in [6, 6.07) is 9.94. The molecule has 4 unspecified atom stereocenters. The molecule has 2 aliphatic rings. The van der Waals surface area contributed by atoms with Crippen LogP contribution in [-0.2, 0) is 6.54 Å². The van der Waals surface area contributed by atoms with Gasteiger partial charge >= 0.3 is 0 Å². The number of benzene rings is 1. The van der Waals surface area contributed by atoms with Crippen LogP contribution in [0.4, 0.5) is 0 Å². The first-order valence-corrected chi connectivity index (χ1v) is 8.74. The fourth-order valence-corrected chi connectivity index (χ4v) is 4.34. The maximum atomic E-state index is 5.40. The van der Waals surface area contributed by atoms with E-state index >= 15 is 0 Å². The number of hydrogen-bond acceptors (Lipinski definition) is 4. The highest BCUT2D eigenvalue weighted by atomic mass is 16.5. The number of nitrogens with zero attached hydrogens (tertiary/aromatic N) is 2. The minimum atomic E-state index is 0.197. The van der Waals surface area contributed by atoms with E-state index in [0.29, 0.717) is 12.4 Å². The van der Waals surface area contributed by atoms with Crippen molar-refractivity contribution in [2.45, 2.75) is 51.6 Å². The van der Waals surface area contributed by atoms with Gasteiger partial charge in [-0.1, -0.05) is 30.3 Å². The summed E-state index contributed by atoms with van der Waals surface area (Å²) in [7, 11) is 0. The Labute approximate surface area is 137 Å². The molecule has 4 nitrogen and oxygen atoms in total. The van der Waals surface area contributed by atoms with Crippen LogP contribution in [0.3, 0.4) is 0 Å². The summed E-state index contributed by atoms with van der Waals surface area (Å²) in [5.74, 6) is 4.07. The van der Waals surface area contributed by atoms with Gasteiger partial charge in [0.25, 0.3) is 5.89 Å². The highest BCUT2D eigenvalue weighted by Gasteiger charge is 2.46. The molecule has 2 aromatic rings. The lowest BCUT2D eigenvalue weighted by atomic mass is 9.86. The fraction of sp³-hybridized carbons (Fsp3) is 0.579. The van der Waals surface area contributed by atoms with E-state index in [0.717, 1.165) is 29.1 Å². The van der Waals surface area contributed by atoms with E-state index in [9.17, 15) is 0 Å². The summed E-state index contributed by atoms with van der Waals surface area (Å²) in [5.41, 5.74) is 1.17. The lowest BCUT2D eigenvalue weighted by molar-refractivity contribution is 0.261. The van der Waals surface area contributed by atoms with Gasteiger partial charge in [-0.3, -0.25) is 0 Å². The van der Waals surface area contributed by atoms with Gasteiger partial charge in [-0.05, 0) is 62.5 Å². The zero-order valence-corrected chi connectivity index (χ0v) is 14.0. The Bertz CT molecular complexity index is 664. The van der Waals surface area contributed by atoms with E-state index in [1.165, 1.54) is 25.7 Å². The third-order valence-corrected chi connectivity index (χ3v) is 5.45. The summed E-state index contributed by atoms with van der Waals surface area (Å²) < 4.78 is 5.40. The summed E-state index contributed by atoms with van der Waals surface area (Å²) >= 11 is 0. The molecule has 1 aromatic carbocycles. The van der Waals surface area contributed by atoms with Crippen LogP contribution in [0, 0.1) is 17.8 Å². The molecule has 4 heteroatoms. The largest absolute Gasteiger partial charge is 0.334 e. The Morgan fingerprint density at radius 2 is 2.00 bits per heavy atom. The number of aromatic nitrogens is 2. The maximum Gasteiger partial charge on any atom is 0.257 e. The predicted octanol–water partition coefficient (Wildman–Crippen LogP) is 4.04. The van der Waals surface area contributed by atoms with Crippen LogP contribution in [0.1, 0.15) is 45.4 Å². The molecule has 0 amide bonds. The Morgan fingerprint density at radius 1 is 1.17 bits per heavy atom. The van der Waals surface area contributed by atoms with Crippen LogP contribution in [0.5, 0.6) is 0 Å². The van der Waals surface area contributed by atoms with Crippen LogP contribution in [0.15, 0.2) is 34.9 Å². The Balaban J connectivity index is 1.42. The first-order valence-electron chi connectivity index (χ1n) is 8.74. The lowest BCUT2D eigenvalue weighted by Crippen LogP contribution is -2.43. The highest BCUT2D eigenvalue weighted by molar-refractivity contribution is 5.51. The third kappa shape index (κ3) is 3.32. The van der Waals surface area contributed by atoms with E-state index in [-0.39, 0.29) is 5.54 Å². The standard InChI is InChI=1S/C19H25N3O/c1-13-8-15-9-16(15)11-19(2,10-13)20-12-17-21-18(23-22-17)14-6-4-3-5-7-14/h3-7,13,15-16,20H,8-12H2,1-2H3. The molecule has 1 N–H and O–H groups in total. The van der Waals surface area contributed by atoms with E-state index in [2.05, 4.69) is 29.3 Å². The van der Waals surface area contributed by atoms with Crippen molar-refractivity contribution in [3.63, 3.8) is 0 Å². The average Bonchev–Trinajstić information content (AvgIpc) is 3.09. The number of fused-ring (bicyclic) bond motifs is 1. The highest BCUT2D eigenvalue weighted by Crippen LogP contribution is 2.52. The smallest absolute Gasteiger partial charge is 0.257 e. The molecule has 0 radical (unpaired) electrons. The van der Waals surface area contributed by atoms with E-state index < -0.39 is 0 Å². The van der Waals surface area contributed by atoms with Crippen LogP contribution < -0.4 is 5.32 Å². The number of rotatable bonds is 4. The third-order valence-electron chi connectivity index (χ3n) is 5.45. The van der Waals surface area contributed by atoms with Gasteiger partial charge in [0.15, 0.2) is 5.82 Å². The molecule has 0 saturated heterocycles. The second-order valence-corrected chi connectivity index (χ2v) is 7.80. The fourth-order valence-electron chi connectivity index (χ4n) is 4.34. The van der Waals surface area contributed by atoms with E-state index in [1.807, 2.05) is 30.3 Å². The zero-order chi connectivity index (χ0) is 15.9. The molecule has 23 heavy (non-hydrogen) atoms. The van der Waals surface area contributed by atoms with Crippen LogP contribution in [-0.4, -0.2) is 15.7 Å². The summed E-state index contributed by atoms with van der Waals surface area (Å²) in [6.45, 7) is 5.43. The second kappa shape index (κ2) is 5.75. The molecule has 1 aromatic heterocycles. The predicted molar refractivity (Wildman–Crippen MR) is 89.6 cm³/mol. The van der Waals surface area contributed by atoms with Crippen LogP contribution >= 0.6 is 0 Å². The monoisotopic (exact) mass is 311 g/mol. The van der Waals surface area contributed by atoms with Gasteiger partial charge in [0, 0.05) is 11.1 Å². The molecule has 4 rings (SSSR count). The number of nitrogens with one attached hydrogen (secondary N) is 1. The molecule has 122 valence electrons. The van der Waals surface area contributed by atoms with Crippen molar-refractivity contribution in [3.8, 4) is 11.5 Å². The first-order chi connectivity index (χ1) is 11.1. The van der Waals surface area contributed by atoms with Crippen molar-refractivity contribution in [2.24, 2.45) is 17.8 Å². The normalized spacial score (nSPS) is 33.0. The Morgan fingerprint density at radius 3 is 2.83 bits per heavy atom. The van der Waals surface area contributed by atoms with Crippen molar-refractivity contribution in [1.29, 1.82) is 0 Å². The quantitative estimate of drug-likeness (QED) is 0.926. The zero-order valence-electron chi connectivity index (χ0n) is 14.0. The minimum Gasteiger partial charge on any atom is -0.334 e. The van der Waals surface area contributed by atoms with Gasteiger partial charge < -0.3 is 9.84 Å². The van der Waals surface area contributed by atoms with Crippen molar-refractivity contribution < 1.29 is 4.52 Å². The SMILES string of the molecule is CC1CC2CC2CC(C)(NCc2noc(-c3ccccc3)n2)C1. The lowest BCUT2D eigenvalue weighted by Gasteiger charge is -2.32. The molecular weight excluding hydrogens is 286 g/mol. The number of hydrogen-bond donors (Lipinski definition) is 1. The maximum absolute atomic E-state index is 5.40. The molecule has 0 spiro atoms. The molecule has 4 atom stereocenters. The van der Waals surface area contributed by atoms with Crippen LogP contribution in [0.25, 0.3) is 11.5 Å². The van der Waals surface area contributed by atoms with Gasteiger partial charge in [-0.2, -0.15) is 4.98 Å². The first kappa shape index (κ1) is 14.9. The van der Waals surface area contributed by atoms with Gasteiger partial charge in [-0.25, -0.2) is 0 Å². The molecule has 1 heterocycles. The Kier molecular flexibility index (Phi) is 3.72. The molecular formula is C19H25N3O. The van der Waals surface area contributed by atoms with Gasteiger partial charge in [0.1, 0.15) is 0 Å². The summed E-state index contributed by atoms with van der Waals surface area (Å²) in [6.07, 6.45) is 5.36. The van der Waals surface area contributed by atoms with Crippen molar-refractivity contribution in [1.82, 2.24) is 15.5 Å². The van der Waals surface area contributed by atoms with Crippen molar-refractivity contribution in [3.05, 3.63) is 36.2 Å². The summed E-state index contributed by atoms with van der Waals surface area (Å²) in [5, 5.41) is 7.85. The molecule has 2 aliphatic carbocycles. The Hall–Kier alpha value is -1.68. The van der Waals surface area contributed by atoms with Gasteiger partial charge in [0.05, 0.1) is 6.54 Å². The molecule has 0 bridgehead atoms. The minimum absolute atomic E-state index is 0.197. The van der Waals surface area contributed by atoms with Crippen molar-refractivity contribution in [2.75, 3.05) is 0 Å². The van der Waals surface area contributed by atoms with E-state index in [1.54, 1.807) is 0 Å². The van der Waals surface area contributed by atoms with Gasteiger partial charge in [-0.15, -0.1) is 0 Å². The second-order valence-electron chi connectivity index (χ2n) is 7.80. The molecule has 2 saturated carbocycles. The van der Waals surface area contributed by atoms with E-state index in [4.69, 9.17) is 4.52 Å². The van der Waals surface area contributed by atoms with Gasteiger partial charge in [0.2, 0.25) is 0 Å². The molecule has 0 aliphatic heterocycles. The van der Waals surface area contributed by atoms with Crippen LogP contribution in [0.2, 0.25) is 0 Å². The average molecular weight is 311 g/mol. The summed E-state index contributed by atoms with van der Waals surface area (Å²) in [4.78, 5) is 4.53.